The number of hydrogen-bond acceptors (Lipinski definition) is 4. The summed E-state index contributed by atoms with van der Waals surface area (Å²) in [7, 11) is 0. The van der Waals surface area contributed by atoms with E-state index in [1.165, 1.54) is 5.56 Å². The Morgan fingerprint density at radius 3 is 2.90 bits per heavy atom. The van der Waals surface area contributed by atoms with Crippen LogP contribution in [0.1, 0.15) is 16.7 Å². The zero-order chi connectivity index (χ0) is 14.4. The molecule has 0 radical (unpaired) electrons. The highest BCUT2D eigenvalue weighted by molar-refractivity contribution is 5.51. The summed E-state index contributed by atoms with van der Waals surface area (Å²) in [6, 6.07) is 11.6. The number of pyridine rings is 1. The van der Waals surface area contributed by atoms with Crippen LogP contribution in [-0.4, -0.2) is 18.1 Å². The summed E-state index contributed by atoms with van der Waals surface area (Å²) in [4.78, 5) is 4.14. The molecule has 0 aliphatic rings. The molecule has 0 saturated heterocycles. The van der Waals surface area contributed by atoms with E-state index in [0.717, 1.165) is 11.3 Å². The number of aromatic nitrogens is 1. The third-order valence-electron chi connectivity index (χ3n) is 3.14. The van der Waals surface area contributed by atoms with E-state index in [0.29, 0.717) is 24.5 Å². The molecule has 1 aromatic carbocycles. The molecule has 2 aromatic rings. The number of hydrogen-bond donors (Lipinski definition) is 1. The van der Waals surface area contributed by atoms with Crippen LogP contribution in [0.2, 0.25) is 0 Å². The van der Waals surface area contributed by atoms with Crippen molar-refractivity contribution < 1.29 is 4.74 Å². The van der Waals surface area contributed by atoms with Gasteiger partial charge in [0.05, 0.1) is 12.1 Å². The van der Waals surface area contributed by atoms with Crippen LogP contribution >= 0.6 is 0 Å². The van der Waals surface area contributed by atoms with Gasteiger partial charge in [0, 0.05) is 6.20 Å². The SMILES string of the molecule is Cc1cccc(OCCNc2ncccc2C#N)c1C. The van der Waals surface area contributed by atoms with Crippen molar-refractivity contribution in [2.24, 2.45) is 0 Å². The molecule has 0 unspecified atom stereocenters. The second-order valence-electron chi connectivity index (χ2n) is 4.48. The van der Waals surface area contributed by atoms with Crippen molar-refractivity contribution in [2.45, 2.75) is 13.8 Å². The van der Waals surface area contributed by atoms with Crippen LogP contribution in [0.25, 0.3) is 0 Å². The number of nitrogens with one attached hydrogen (secondary N) is 1. The van der Waals surface area contributed by atoms with Gasteiger partial charge >= 0.3 is 0 Å². The first-order valence-electron chi connectivity index (χ1n) is 6.50. The Kier molecular flexibility index (Phi) is 4.56. The molecule has 1 heterocycles. The molecular formula is C16H17N3O. The molecule has 2 rings (SSSR count). The van der Waals surface area contributed by atoms with E-state index in [1.807, 2.05) is 19.1 Å². The summed E-state index contributed by atoms with van der Waals surface area (Å²) < 4.78 is 5.74. The maximum absolute atomic E-state index is 8.96. The summed E-state index contributed by atoms with van der Waals surface area (Å²) >= 11 is 0. The zero-order valence-corrected chi connectivity index (χ0v) is 11.7. The Balaban J connectivity index is 1.88. The molecule has 0 spiro atoms. The van der Waals surface area contributed by atoms with Crippen LogP contribution in [0, 0.1) is 25.2 Å². The van der Waals surface area contributed by atoms with E-state index in [4.69, 9.17) is 10.00 Å². The largest absolute Gasteiger partial charge is 0.491 e. The number of nitriles is 1. The van der Waals surface area contributed by atoms with E-state index < -0.39 is 0 Å². The van der Waals surface area contributed by atoms with E-state index in [-0.39, 0.29) is 0 Å². The quantitative estimate of drug-likeness (QED) is 0.846. The number of benzene rings is 1. The predicted octanol–water partition coefficient (Wildman–Crippen LogP) is 3.06. The highest BCUT2D eigenvalue weighted by Crippen LogP contribution is 2.20. The van der Waals surface area contributed by atoms with Crippen molar-refractivity contribution in [3.05, 3.63) is 53.2 Å². The molecule has 0 aliphatic heterocycles. The third-order valence-corrected chi connectivity index (χ3v) is 3.14. The average Bonchev–Trinajstić information content (AvgIpc) is 2.48. The van der Waals surface area contributed by atoms with Crippen LogP contribution < -0.4 is 10.1 Å². The van der Waals surface area contributed by atoms with E-state index in [2.05, 4.69) is 29.4 Å². The molecule has 0 saturated carbocycles. The molecular weight excluding hydrogens is 250 g/mol. The Labute approximate surface area is 119 Å². The topological polar surface area (TPSA) is 57.9 Å². The van der Waals surface area contributed by atoms with Gasteiger partial charge in [-0.2, -0.15) is 5.26 Å². The minimum atomic E-state index is 0.520. The monoisotopic (exact) mass is 267 g/mol. The zero-order valence-electron chi connectivity index (χ0n) is 11.7. The van der Waals surface area contributed by atoms with Crippen LogP contribution in [0.5, 0.6) is 5.75 Å². The Morgan fingerprint density at radius 2 is 2.10 bits per heavy atom. The summed E-state index contributed by atoms with van der Waals surface area (Å²) in [6.45, 7) is 5.23. The fourth-order valence-corrected chi connectivity index (χ4v) is 1.85. The molecule has 20 heavy (non-hydrogen) atoms. The summed E-state index contributed by atoms with van der Waals surface area (Å²) in [6.07, 6.45) is 1.66. The fourth-order valence-electron chi connectivity index (χ4n) is 1.85. The van der Waals surface area contributed by atoms with Crippen LogP contribution in [-0.2, 0) is 0 Å². The lowest BCUT2D eigenvalue weighted by Crippen LogP contribution is -2.13. The molecule has 1 aromatic heterocycles. The predicted molar refractivity (Wildman–Crippen MR) is 78.9 cm³/mol. The number of anilines is 1. The highest BCUT2D eigenvalue weighted by Gasteiger charge is 2.03. The lowest BCUT2D eigenvalue weighted by molar-refractivity contribution is 0.330. The minimum Gasteiger partial charge on any atom is -0.491 e. The van der Waals surface area contributed by atoms with Gasteiger partial charge in [0.15, 0.2) is 0 Å². The van der Waals surface area contributed by atoms with Gasteiger partial charge in [0.2, 0.25) is 0 Å². The smallest absolute Gasteiger partial charge is 0.144 e. The molecule has 0 fully saturated rings. The van der Waals surface area contributed by atoms with Crippen molar-refractivity contribution in [1.82, 2.24) is 4.98 Å². The molecule has 4 nitrogen and oxygen atoms in total. The first-order chi connectivity index (χ1) is 9.72. The first-order valence-corrected chi connectivity index (χ1v) is 6.50. The van der Waals surface area contributed by atoms with Crippen LogP contribution in [0.4, 0.5) is 5.82 Å². The Bertz CT molecular complexity index is 632. The lowest BCUT2D eigenvalue weighted by atomic mass is 10.1. The van der Waals surface area contributed by atoms with Crippen LogP contribution in [0.3, 0.4) is 0 Å². The number of aryl methyl sites for hydroxylation is 1. The van der Waals surface area contributed by atoms with Crippen molar-refractivity contribution in [1.29, 1.82) is 5.26 Å². The summed E-state index contributed by atoms with van der Waals surface area (Å²) in [5.41, 5.74) is 2.91. The Hall–Kier alpha value is -2.54. The van der Waals surface area contributed by atoms with E-state index >= 15 is 0 Å². The van der Waals surface area contributed by atoms with Gasteiger partial charge in [-0.3, -0.25) is 0 Å². The third kappa shape index (κ3) is 3.27. The molecule has 4 heteroatoms. The minimum absolute atomic E-state index is 0.520. The molecule has 0 aliphatic carbocycles. The first kappa shape index (κ1) is 13.9. The van der Waals surface area contributed by atoms with Crippen molar-refractivity contribution in [3.63, 3.8) is 0 Å². The maximum Gasteiger partial charge on any atom is 0.144 e. The second kappa shape index (κ2) is 6.58. The Morgan fingerprint density at radius 1 is 1.25 bits per heavy atom. The standard InChI is InChI=1S/C16H17N3O/c1-12-5-3-7-15(13(12)2)20-10-9-19-16-14(11-17)6-4-8-18-16/h3-8H,9-10H2,1-2H3,(H,18,19). The second-order valence-corrected chi connectivity index (χ2v) is 4.48. The van der Waals surface area contributed by atoms with Gasteiger partial charge in [0.25, 0.3) is 0 Å². The normalized spacial score (nSPS) is 9.85. The number of ether oxygens (including phenoxy) is 1. The van der Waals surface area contributed by atoms with Gasteiger partial charge in [-0.25, -0.2) is 4.98 Å². The fraction of sp³-hybridized carbons (Fsp3) is 0.250. The van der Waals surface area contributed by atoms with Crippen molar-refractivity contribution >= 4 is 5.82 Å². The van der Waals surface area contributed by atoms with Gasteiger partial charge in [-0.05, 0) is 43.2 Å². The molecule has 0 bridgehead atoms. The summed E-state index contributed by atoms with van der Waals surface area (Å²) in [5.74, 6) is 1.49. The van der Waals surface area contributed by atoms with Gasteiger partial charge in [-0.15, -0.1) is 0 Å². The van der Waals surface area contributed by atoms with Gasteiger partial charge in [0.1, 0.15) is 24.2 Å². The lowest BCUT2D eigenvalue weighted by Gasteiger charge is -2.12. The van der Waals surface area contributed by atoms with Crippen molar-refractivity contribution in [2.75, 3.05) is 18.5 Å². The summed E-state index contributed by atoms with van der Waals surface area (Å²) in [5, 5.41) is 12.1. The molecule has 0 atom stereocenters. The van der Waals surface area contributed by atoms with Gasteiger partial charge < -0.3 is 10.1 Å². The average molecular weight is 267 g/mol. The molecule has 102 valence electrons. The van der Waals surface area contributed by atoms with Gasteiger partial charge in [-0.1, -0.05) is 12.1 Å². The number of rotatable bonds is 5. The molecule has 1 N–H and O–H groups in total. The van der Waals surface area contributed by atoms with Crippen molar-refractivity contribution in [3.8, 4) is 11.8 Å². The van der Waals surface area contributed by atoms with Crippen LogP contribution in [0.15, 0.2) is 36.5 Å². The van der Waals surface area contributed by atoms with E-state index in [1.54, 1.807) is 18.3 Å². The maximum atomic E-state index is 8.96. The van der Waals surface area contributed by atoms with E-state index in [9.17, 15) is 0 Å². The highest BCUT2D eigenvalue weighted by atomic mass is 16.5. The molecule has 0 amide bonds. The number of nitrogens with zero attached hydrogens (tertiary/aromatic N) is 2.